The molecule has 2 rings (SSSR count). The molecule has 21 heavy (non-hydrogen) atoms. The molecule has 0 aliphatic rings. The summed E-state index contributed by atoms with van der Waals surface area (Å²) in [5, 5.41) is 3.35. The van der Waals surface area contributed by atoms with E-state index >= 15 is 0 Å². The van der Waals surface area contributed by atoms with Gasteiger partial charge in [0.25, 0.3) is 0 Å². The van der Waals surface area contributed by atoms with Crippen LogP contribution in [0.5, 0.6) is 0 Å². The molecule has 2 aromatic rings. The van der Waals surface area contributed by atoms with Crippen molar-refractivity contribution in [3.05, 3.63) is 53.6 Å². The summed E-state index contributed by atoms with van der Waals surface area (Å²) in [5.74, 6) is 0. The predicted octanol–water partition coefficient (Wildman–Crippen LogP) is 3.53. The van der Waals surface area contributed by atoms with Crippen molar-refractivity contribution >= 4 is 0 Å². The van der Waals surface area contributed by atoms with Gasteiger partial charge in [-0.15, -0.1) is 0 Å². The van der Waals surface area contributed by atoms with Crippen LogP contribution in [0.2, 0.25) is 0 Å². The van der Waals surface area contributed by atoms with E-state index in [0.29, 0.717) is 0 Å². The van der Waals surface area contributed by atoms with Gasteiger partial charge in [0.05, 0.1) is 29.8 Å². The van der Waals surface area contributed by atoms with Gasteiger partial charge in [0.15, 0.2) is 0 Å². The van der Waals surface area contributed by atoms with E-state index in [1.165, 1.54) is 12.1 Å². The molecule has 1 heterocycles. The lowest BCUT2D eigenvalue weighted by molar-refractivity contribution is -0.137. The Labute approximate surface area is 121 Å². The number of aryl methyl sites for hydroxylation is 1. The van der Waals surface area contributed by atoms with Crippen molar-refractivity contribution in [1.82, 2.24) is 14.9 Å². The molecule has 0 fully saturated rings. The Balaban J connectivity index is 2.31. The number of nitrogens with zero attached hydrogens (tertiary/aromatic N) is 2. The third kappa shape index (κ3) is 3.64. The molecule has 0 amide bonds. The van der Waals surface area contributed by atoms with Crippen molar-refractivity contribution in [3.8, 4) is 0 Å². The molecule has 0 aliphatic heterocycles. The summed E-state index contributed by atoms with van der Waals surface area (Å²) < 4.78 is 39.8. The van der Waals surface area contributed by atoms with E-state index in [-0.39, 0.29) is 6.04 Å². The maximum Gasteiger partial charge on any atom is 0.416 e. The number of benzene rings is 1. The van der Waals surface area contributed by atoms with Gasteiger partial charge in [0.2, 0.25) is 0 Å². The third-order valence-electron chi connectivity index (χ3n) is 3.32. The standard InChI is InChI=1S/C15H18F3N3/c1-3-8-20-14(13-9-19-10-21(13)2)11-4-6-12(7-5-11)15(16,17)18/h4-7,9-10,14,20H,3,8H2,1-2H3. The van der Waals surface area contributed by atoms with Crippen molar-refractivity contribution in [2.24, 2.45) is 7.05 Å². The van der Waals surface area contributed by atoms with E-state index in [0.717, 1.165) is 36.4 Å². The van der Waals surface area contributed by atoms with Crippen molar-refractivity contribution < 1.29 is 13.2 Å². The maximum atomic E-state index is 12.6. The van der Waals surface area contributed by atoms with Crippen molar-refractivity contribution in [3.63, 3.8) is 0 Å². The van der Waals surface area contributed by atoms with Crippen molar-refractivity contribution in [1.29, 1.82) is 0 Å². The number of nitrogens with one attached hydrogen (secondary N) is 1. The average Bonchev–Trinajstić information content (AvgIpc) is 2.85. The van der Waals surface area contributed by atoms with Crippen LogP contribution in [0.1, 0.15) is 36.2 Å². The van der Waals surface area contributed by atoms with Crippen LogP contribution < -0.4 is 5.32 Å². The summed E-state index contributed by atoms with van der Waals surface area (Å²) in [6, 6.07) is 5.10. The molecule has 1 N–H and O–H groups in total. The van der Waals surface area contributed by atoms with Gasteiger partial charge in [-0.05, 0) is 30.7 Å². The Morgan fingerprint density at radius 3 is 2.38 bits per heavy atom. The molecule has 1 aromatic carbocycles. The summed E-state index contributed by atoms with van der Waals surface area (Å²) in [5.41, 5.74) is 1.08. The van der Waals surface area contributed by atoms with Crippen LogP contribution in [0.25, 0.3) is 0 Å². The monoisotopic (exact) mass is 297 g/mol. The van der Waals surface area contributed by atoms with Crippen LogP contribution in [-0.4, -0.2) is 16.1 Å². The van der Waals surface area contributed by atoms with Gasteiger partial charge in [-0.2, -0.15) is 13.2 Å². The number of imidazole rings is 1. The predicted molar refractivity (Wildman–Crippen MR) is 74.8 cm³/mol. The van der Waals surface area contributed by atoms with E-state index in [1.807, 2.05) is 18.5 Å². The SMILES string of the molecule is CCCNC(c1ccc(C(F)(F)F)cc1)c1cncn1C. The molecule has 0 bridgehead atoms. The number of alkyl halides is 3. The molecular weight excluding hydrogens is 279 g/mol. The summed E-state index contributed by atoms with van der Waals surface area (Å²) in [7, 11) is 1.87. The smallest absolute Gasteiger partial charge is 0.336 e. The quantitative estimate of drug-likeness (QED) is 0.915. The van der Waals surface area contributed by atoms with Crippen LogP contribution in [-0.2, 0) is 13.2 Å². The largest absolute Gasteiger partial charge is 0.416 e. The lowest BCUT2D eigenvalue weighted by Crippen LogP contribution is -2.25. The Bertz CT molecular complexity index is 573. The first-order valence-corrected chi connectivity index (χ1v) is 6.80. The average molecular weight is 297 g/mol. The topological polar surface area (TPSA) is 29.9 Å². The fraction of sp³-hybridized carbons (Fsp3) is 0.400. The highest BCUT2D eigenvalue weighted by molar-refractivity contribution is 5.31. The molecule has 3 nitrogen and oxygen atoms in total. The van der Waals surface area contributed by atoms with Crippen LogP contribution in [0.4, 0.5) is 13.2 Å². The molecule has 0 radical (unpaired) electrons. The first kappa shape index (κ1) is 15.6. The molecule has 1 atom stereocenters. The normalized spacial score (nSPS) is 13.4. The van der Waals surface area contributed by atoms with E-state index in [9.17, 15) is 13.2 Å². The van der Waals surface area contributed by atoms with E-state index < -0.39 is 11.7 Å². The van der Waals surface area contributed by atoms with Crippen molar-refractivity contribution in [2.75, 3.05) is 6.54 Å². The summed E-state index contributed by atoms with van der Waals surface area (Å²) in [4.78, 5) is 4.08. The second-order valence-corrected chi connectivity index (χ2v) is 4.94. The Morgan fingerprint density at radius 1 is 1.24 bits per heavy atom. The minimum Gasteiger partial charge on any atom is -0.336 e. The second-order valence-electron chi connectivity index (χ2n) is 4.94. The van der Waals surface area contributed by atoms with Crippen LogP contribution in [0.15, 0.2) is 36.8 Å². The highest BCUT2D eigenvalue weighted by Gasteiger charge is 2.30. The molecule has 0 saturated heterocycles. The molecule has 6 heteroatoms. The first-order valence-electron chi connectivity index (χ1n) is 6.80. The highest BCUT2D eigenvalue weighted by Crippen LogP contribution is 2.30. The summed E-state index contributed by atoms with van der Waals surface area (Å²) >= 11 is 0. The Morgan fingerprint density at radius 2 is 1.90 bits per heavy atom. The molecule has 114 valence electrons. The molecular formula is C15H18F3N3. The van der Waals surface area contributed by atoms with Crippen LogP contribution in [0, 0.1) is 0 Å². The van der Waals surface area contributed by atoms with Gasteiger partial charge in [-0.3, -0.25) is 0 Å². The first-order chi connectivity index (χ1) is 9.93. The highest BCUT2D eigenvalue weighted by atomic mass is 19.4. The Hall–Kier alpha value is -1.82. The van der Waals surface area contributed by atoms with Crippen LogP contribution >= 0.6 is 0 Å². The summed E-state index contributed by atoms with van der Waals surface area (Å²) in [6.07, 6.45) is 0.0391. The van der Waals surface area contributed by atoms with Gasteiger partial charge < -0.3 is 9.88 Å². The molecule has 1 unspecified atom stereocenters. The fourth-order valence-electron chi connectivity index (χ4n) is 2.19. The Kier molecular flexibility index (Phi) is 4.67. The maximum absolute atomic E-state index is 12.6. The van der Waals surface area contributed by atoms with Gasteiger partial charge in [-0.25, -0.2) is 4.98 Å². The zero-order chi connectivity index (χ0) is 15.5. The number of halogens is 3. The zero-order valence-electron chi connectivity index (χ0n) is 12.0. The van der Waals surface area contributed by atoms with Gasteiger partial charge in [-0.1, -0.05) is 19.1 Å². The number of hydrogen-bond donors (Lipinski definition) is 1. The van der Waals surface area contributed by atoms with Gasteiger partial charge >= 0.3 is 6.18 Å². The minimum atomic E-state index is -4.31. The third-order valence-corrected chi connectivity index (χ3v) is 3.32. The van der Waals surface area contributed by atoms with E-state index in [1.54, 1.807) is 12.5 Å². The van der Waals surface area contributed by atoms with Gasteiger partial charge in [0, 0.05) is 7.05 Å². The minimum absolute atomic E-state index is 0.167. The number of aromatic nitrogens is 2. The van der Waals surface area contributed by atoms with Crippen LogP contribution in [0.3, 0.4) is 0 Å². The van der Waals surface area contributed by atoms with Crippen molar-refractivity contribution in [2.45, 2.75) is 25.6 Å². The molecule has 0 aliphatic carbocycles. The second kappa shape index (κ2) is 6.30. The van der Waals surface area contributed by atoms with E-state index in [4.69, 9.17) is 0 Å². The van der Waals surface area contributed by atoms with Gasteiger partial charge in [0.1, 0.15) is 0 Å². The fourth-order valence-corrected chi connectivity index (χ4v) is 2.19. The number of hydrogen-bond acceptors (Lipinski definition) is 2. The summed E-state index contributed by atoms with van der Waals surface area (Å²) in [6.45, 7) is 2.82. The molecule has 1 aromatic heterocycles. The number of rotatable bonds is 5. The lowest BCUT2D eigenvalue weighted by Gasteiger charge is -2.20. The zero-order valence-corrected chi connectivity index (χ0v) is 12.0. The van der Waals surface area contributed by atoms with E-state index in [2.05, 4.69) is 10.3 Å². The molecule has 0 saturated carbocycles. The lowest BCUT2D eigenvalue weighted by atomic mass is 10.0. The molecule has 0 spiro atoms.